The molecule has 0 spiro atoms. The van der Waals surface area contributed by atoms with Crippen LogP contribution >= 0.6 is 23.5 Å². The molecule has 0 aromatic carbocycles. The Morgan fingerprint density at radius 1 is 1.27 bits per heavy atom. The van der Waals surface area contributed by atoms with Gasteiger partial charge in [0.2, 0.25) is 0 Å². The molecule has 0 aliphatic heterocycles. The summed E-state index contributed by atoms with van der Waals surface area (Å²) < 4.78 is 34.4. The zero-order valence-electron chi connectivity index (χ0n) is 13.1. The van der Waals surface area contributed by atoms with E-state index in [0.717, 1.165) is 6.08 Å². The van der Waals surface area contributed by atoms with Gasteiger partial charge in [0.05, 0.1) is 25.1 Å². The van der Waals surface area contributed by atoms with Crippen molar-refractivity contribution >= 4 is 34.8 Å². The van der Waals surface area contributed by atoms with Gasteiger partial charge in [0.1, 0.15) is 5.76 Å². The number of carbonyl (C=O) groups excluding carboxylic acids is 1. The fraction of sp³-hybridized carbons (Fsp3) is 0.500. The molecule has 124 valence electrons. The van der Waals surface area contributed by atoms with E-state index in [0.29, 0.717) is 16.0 Å². The molecule has 0 radical (unpaired) electrons. The summed E-state index contributed by atoms with van der Waals surface area (Å²) in [6, 6.07) is 1.62. The normalized spacial score (nSPS) is 12.5. The molecule has 0 aliphatic carbocycles. The topological polar surface area (TPSA) is 75.0 Å². The lowest BCUT2D eigenvalue weighted by atomic mass is 10.2. The first-order chi connectivity index (χ1) is 10.4. The molecule has 8 heteroatoms. The summed E-state index contributed by atoms with van der Waals surface area (Å²) in [5.41, 5.74) is 0.477. The van der Waals surface area contributed by atoms with Crippen molar-refractivity contribution in [2.45, 2.75) is 27.7 Å². The van der Waals surface area contributed by atoms with Crippen molar-refractivity contribution in [1.82, 2.24) is 0 Å². The summed E-state index contributed by atoms with van der Waals surface area (Å²) in [6.07, 6.45) is 1.14. The van der Waals surface area contributed by atoms with Crippen molar-refractivity contribution in [2.75, 3.05) is 19.8 Å². The number of rotatable bonds is 8. The molecule has 1 aromatic rings. The van der Waals surface area contributed by atoms with E-state index in [9.17, 15) is 9.36 Å². The van der Waals surface area contributed by atoms with Crippen molar-refractivity contribution in [3.8, 4) is 0 Å². The third-order valence-electron chi connectivity index (χ3n) is 2.60. The van der Waals surface area contributed by atoms with Crippen LogP contribution in [0.2, 0.25) is 0 Å². The Morgan fingerprint density at radius 2 is 1.86 bits per heavy atom. The first-order valence-electron chi connectivity index (χ1n) is 6.92. The minimum absolute atomic E-state index is 0.126. The Kier molecular flexibility index (Phi) is 7.56. The number of esters is 1. The van der Waals surface area contributed by atoms with Gasteiger partial charge in [0, 0.05) is 11.6 Å². The number of furan rings is 1. The minimum Gasteiger partial charge on any atom is -0.463 e. The van der Waals surface area contributed by atoms with Gasteiger partial charge in [0.15, 0.2) is 4.67 Å². The van der Waals surface area contributed by atoms with Gasteiger partial charge >= 0.3 is 13.6 Å². The van der Waals surface area contributed by atoms with E-state index < -0.39 is 13.6 Å². The highest BCUT2D eigenvalue weighted by Gasteiger charge is 2.34. The molecule has 22 heavy (non-hydrogen) atoms. The summed E-state index contributed by atoms with van der Waals surface area (Å²) >= 11 is 3.21. The number of hydrogen-bond donors (Lipinski definition) is 0. The Labute approximate surface area is 138 Å². The lowest BCUT2D eigenvalue weighted by molar-refractivity contribution is -0.137. The highest BCUT2D eigenvalue weighted by atomic mass is 79.9. The second kappa shape index (κ2) is 8.67. The molecule has 6 nitrogen and oxygen atoms in total. The standard InChI is InChI=1S/C14H20BrO6P/c1-5-18-14(16)9-12(11-8-13(15)21-10(11)4)22(17,19-6-2)20-7-3/h8-9H,5-7H2,1-4H3/b12-9+. The van der Waals surface area contributed by atoms with Gasteiger partial charge in [-0.15, -0.1) is 0 Å². The van der Waals surface area contributed by atoms with Gasteiger partial charge < -0.3 is 18.2 Å². The van der Waals surface area contributed by atoms with E-state index in [-0.39, 0.29) is 25.1 Å². The Hall–Kier alpha value is -0.880. The quantitative estimate of drug-likeness (QED) is 0.366. The molecular formula is C14H20BrO6P. The highest BCUT2D eigenvalue weighted by Crippen LogP contribution is 2.61. The SMILES string of the molecule is CCOC(=O)/C=C(\c1cc(Br)oc1C)P(=O)(OCC)OCC. The zero-order chi connectivity index (χ0) is 16.8. The van der Waals surface area contributed by atoms with Crippen LogP contribution < -0.4 is 0 Å². The molecule has 0 bridgehead atoms. The Balaban J connectivity index is 3.41. The van der Waals surface area contributed by atoms with Gasteiger partial charge in [-0.3, -0.25) is 4.57 Å². The lowest BCUT2D eigenvalue weighted by Crippen LogP contribution is -2.04. The first-order valence-corrected chi connectivity index (χ1v) is 9.25. The Morgan fingerprint density at radius 3 is 2.27 bits per heavy atom. The predicted molar refractivity (Wildman–Crippen MR) is 86.6 cm³/mol. The smallest absolute Gasteiger partial charge is 0.362 e. The molecule has 1 heterocycles. The summed E-state index contributed by atoms with van der Waals surface area (Å²) in [6.45, 7) is 7.35. The van der Waals surface area contributed by atoms with Crippen LogP contribution in [0.1, 0.15) is 32.1 Å². The summed E-state index contributed by atoms with van der Waals surface area (Å²) in [7, 11) is -3.66. The van der Waals surface area contributed by atoms with E-state index in [1.54, 1.807) is 33.8 Å². The van der Waals surface area contributed by atoms with Gasteiger partial charge in [-0.1, -0.05) is 0 Å². The van der Waals surface area contributed by atoms with Crippen LogP contribution in [0.25, 0.3) is 5.31 Å². The van der Waals surface area contributed by atoms with Crippen molar-refractivity contribution in [3.63, 3.8) is 0 Å². The zero-order valence-corrected chi connectivity index (χ0v) is 15.5. The average Bonchev–Trinajstić information content (AvgIpc) is 2.75. The molecule has 0 atom stereocenters. The van der Waals surface area contributed by atoms with Crippen molar-refractivity contribution in [3.05, 3.63) is 28.1 Å². The molecule has 0 fully saturated rings. The molecule has 0 saturated carbocycles. The molecular weight excluding hydrogens is 375 g/mol. The van der Waals surface area contributed by atoms with E-state index in [1.165, 1.54) is 0 Å². The van der Waals surface area contributed by atoms with E-state index >= 15 is 0 Å². The van der Waals surface area contributed by atoms with E-state index in [4.69, 9.17) is 18.2 Å². The number of hydrogen-bond acceptors (Lipinski definition) is 6. The van der Waals surface area contributed by atoms with Crippen LogP contribution in [-0.4, -0.2) is 25.8 Å². The minimum atomic E-state index is -3.66. The van der Waals surface area contributed by atoms with Crippen LogP contribution in [0.3, 0.4) is 0 Å². The Bertz CT molecular complexity index is 582. The third kappa shape index (κ3) is 4.81. The first kappa shape index (κ1) is 19.2. The van der Waals surface area contributed by atoms with Crippen LogP contribution in [0.4, 0.5) is 0 Å². The van der Waals surface area contributed by atoms with E-state index in [2.05, 4.69) is 15.9 Å². The fourth-order valence-corrected chi connectivity index (χ4v) is 4.10. The van der Waals surface area contributed by atoms with Crippen LogP contribution in [-0.2, 0) is 23.1 Å². The van der Waals surface area contributed by atoms with Crippen LogP contribution in [0, 0.1) is 6.92 Å². The van der Waals surface area contributed by atoms with Crippen molar-refractivity contribution < 1.29 is 27.6 Å². The second-order valence-electron chi connectivity index (χ2n) is 4.14. The molecule has 0 saturated heterocycles. The summed E-state index contributed by atoms with van der Waals surface area (Å²) in [4.78, 5) is 11.8. The summed E-state index contributed by atoms with van der Waals surface area (Å²) in [5.74, 6) is -0.129. The van der Waals surface area contributed by atoms with Gasteiger partial charge in [-0.25, -0.2) is 4.79 Å². The fourth-order valence-electron chi connectivity index (χ4n) is 1.82. The monoisotopic (exact) mass is 394 g/mol. The second-order valence-corrected chi connectivity index (χ2v) is 6.91. The molecule has 1 aromatic heterocycles. The van der Waals surface area contributed by atoms with Crippen LogP contribution in [0.15, 0.2) is 21.2 Å². The van der Waals surface area contributed by atoms with E-state index in [1.807, 2.05) is 0 Å². The average molecular weight is 395 g/mol. The molecule has 0 N–H and O–H groups in total. The number of aryl methyl sites for hydroxylation is 1. The number of carbonyl (C=O) groups is 1. The van der Waals surface area contributed by atoms with Gasteiger partial charge in [-0.2, -0.15) is 0 Å². The highest BCUT2D eigenvalue weighted by molar-refractivity contribution is 9.10. The molecule has 0 aliphatic rings. The van der Waals surface area contributed by atoms with Crippen molar-refractivity contribution in [1.29, 1.82) is 0 Å². The third-order valence-corrected chi connectivity index (χ3v) is 5.15. The maximum atomic E-state index is 13.0. The van der Waals surface area contributed by atoms with Gasteiger partial charge in [-0.05, 0) is 49.7 Å². The maximum absolute atomic E-state index is 13.0. The van der Waals surface area contributed by atoms with Crippen LogP contribution in [0.5, 0.6) is 0 Å². The maximum Gasteiger partial charge on any atom is 0.362 e. The predicted octanol–water partition coefficient (Wildman–Crippen LogP) is 4.52. The number of halogens is 1. The molecule has 0 unspecified atom stereocenters. The molecule has 1 rings (SSSR count). The van der Waals surface area contributed by atoms with Crippen molar-refractivity contribution in [2.24, 2.45) is 0 Å². The molecule has 0 amide bonds. The number of ether oxygens (including phenoxy) is 1. The summed E-state index contributed by atoms with van der Waals surface area (Å²) in [5, 5.41) is 0.126. The van der Waals surface area contributed by atoms with Gasteiger partial charge in [0.25, 0.3) is 0 Å². The lowest BCUT2D eigenvalue weighted by Gasteiger charge is -2.19. The largest absolute Gasteiger partial charge is 0.463 e.